The predicted molar refractivity (Wildman–Crippen MR) is 127 cm³/mol. The van der Waals surface area contributed by atoms with Crippen molar-refractivity contribution in [2.24, 2.45) is 11.1 Å². The van der Waals surface area contributed by atoms with Gasteiger partial charge >= 0.3 is 0 Å². The third-order valence-corrected chi connectivity index (χ3v) is 6.47. The van der Waals surface area contributed by atoms with Gasteiger partial charge in [-0.3, -0.25) is 15.0 Å². The van der Waals surface area contributed by atoms with Crippen molar-refractivity contribution in [3.05, 3.63) is 92.4 Å². The highest BCUT2D eigenvalue weighted by Gasteiger charge is 2.45. The predicted octanol–water partition coefficient (Wildman–Crippen LogP) is 5.07. The number of hydrazine groups is 1. The Kier molecular flexibility index (Phi) is 5.96. The van der Waals surface area contributed by atoms with E-state index in [-0.39, 0.29) is 22.6 Å². The Morgan fingerprint density at radius 3 is 2.52 bits per heavy atom. The molecule has 8 heteroatoms. The van der Waals surface area contributed by atoms with E-state index in [9.17, 15) is 14.9 Å². The molecule has 0 bridgehead atoms. The maximum atomic E-state index is 13.4. The molecule has 0 spiro atoms. The Morgan fingerprint density at radius 1 is 1.18 bits per heavy atom. The molecule has 6 nitrogen and oxygen atoms in total. The lowest BCUT2D eigenvalue weighted by atomic mass is 9.69. The number of nitrogens with zero attached hydrogens (tertiary/aromatic N) is 2. The van der Waals surface area contributed by atoms with Gasteiger partial charge in [0.25, 0.3) is 5.91 Å². The Balaban J connectivity index is 1.89. The van der Waals surface area contributed by atoms with E-state index in [0.717, 1.165) is 0 Å². The average molecular weight is 481 g/mol. The molecule has 0 saturated heterocycles. The van der Waals surface area contributed by atoms with Gasteiger partial charge in [-0.2, -0.15) is 5.26 Å². The summed E-state index contributed by atoms with van der Waals surface area (Å²) in [6.45, 7) is 3.96. The third-order valence-electron chi connectivity index (χ3n) is 5.90. The molecule has 0 radical (unpaired) electrons. The van der Waals surface area contributed by atoms with Crippen LogP contribution in [0.2, 0.25) is 10.0 Å². The van der Waals surface area contributed by atoms with Crippen molar-refractivity contribution in [3.63, 3.8) is 0 Å². The van der Waals surface area contributed by atoms with Crippen LogP contribution in [0.5, 0.6) is 0 Å². The molecule has 3 N–H and O–H groups in total. The second kappa shape index (κ2) is 8.58. The molecule has 1 atom stereocenters. The van der Waals surface area contributed by atoms with Crippen LogP contribution in [0.3, 0.4) is 0 Å². The first kappa shape index (κ1) is 22.9. The normalized spacial score (nSPS) is 19.8. The minimum absolute atomic E-state index is 0.0575. The summed E-state index contributed by atoms with van der Waals surface area (Å²) in [6.07, 6.45) is 0.775. The quantitative estimate of drug-likeness (QED) is 0.638. The van der Waals surface area contributed by atoms with Crippen molar-refractivity contribution < 1.29 is 9.59 Å². The zero-order valence-electron chi connectivity index (χ0n) is 18.2. The Bertz CT molecular complexity index is 1260. The van der Waals surface area contributed by atoms with Gasteiger partial charge in [0.1, 0.15) is 5.82 Å². The van der Waals surface area contributed by atoms with Crippen LogP contribution in [0.25, 0.3) is 0 Å². The van der Waals surface area contributed by atoms with Crippen molar-refractivity contribution in [2.75, 3.05) is 0 Å². The maximum Gasteiger partial charge on any atom is 0.270 e. The SMILES string of the molecule is CC1(C)CC(=O)C2=C(C1)N(NC(=O)c1ccccc1)C(N)=C(C#N)C2c1ccc(Cl)cc1Cl. The molecular formula is C25H22Cl2N4O2. The van der Waals surface area contributed by atoms with Gasteiger partial charge in [-0.05, 0) is 41.7 Å². The number of ketones is 1. The first-order valence-corrected chi connectivity index (χ1v) is 11.2. The summed E-state index contributed by atoms with van der Waals surface area (Å²) in [5.41, 5.74) is 11.0. The van der Waals surface area contributed by atoms with Crippen LogP contribution in [-0.2, 0) is 4.79 Å². The molecule has 0 aromatic heterocycles. The Labute approximate surface area is 202 Å². The second-order valence-electron chi connectivity index (χ2n) is 8.95. The lowest BCUT2D eigenvalue weighted by molar-refractivity contribution is -0.118. The summed E-state index contributed by atoms with van der Waals surface area (Å²) >= 11 is 12.6. The van der Waals surface area contributed by atoms with E-state index in [0.29, 0.717) is 45.3 Å². The van der Waals surface area contributed by atoms with E-state index in [4.69, 9.17) is 28.9 Å². The smallest absolute Gasteiger partial charge is 0.270 e. The van der Waals surface area contributed by atoms with E-state index in [2.05, 4.69) is 11.5 Å². The molecule has 1 aliphatic heterocycles. The number of allylic oxidation sites excluding steroid dienone is 3. The van der Waals surface area contributed by atoms with Crippen LogP contribution >= 0.6 is 23.2 Å². The van der Waals surface area contributed by atoms with Gasteiger partial charge in [0.05, 0.1) is 23.3 Å². The van der Waals surface area contributed by atoms with E-state index in [1.165, 1.54) is 5.01 Å². The van der Waals surface area contributed by atoms with Gasteiger partial charge in [0.15, 0.2) is 5.78 Å². The number of carbonyl (C=O) groups excluding carboxylic acids is 2. The third kappa shape index (κ3) is 4.22. The zero-order valence-corrected chi connectivity index (χ0v) is 19.7. The van der Waals surface area contributed by atoms with Crippen molar-refractivity contribution in [2.45, 2.75) is 32.6 Å². The molecular weight excluding hydrogens is 459 g/mol. The molecule has 2 aliphatic rings. The van der Waals surface area contributed by atoms with E-state index in [1.807, 2.05) is 19.9 Å². The average Bonchev–Trinajstić information content (AvgIpc) is 2.75. The van der Waals surface area contributed by atoms with Crippen molar-refractivity contribution in [1.29, 1.82) is 5.26 Å². The first-order valence-electron chi connectivity index (χ1n) is 10.4. The minimum atomic E-state index is -0.747. The number of nitrogens with two attached hydrogens (primary N) is 1. The summed E-state index contributed by atoms with van der Waals surface area (Å²) in [5, 5.41) is 12.2. The highest BCUT2D eigenvalue weighted by Crippen LogP contribution is 2.49. The number of halogens is 2. The van der Waals surface area contributed by atoms with Crippen LogP contribution in [-0.4, -0.2) is 16.7 Å². The summed E-state index contributed by atoms with van der Waals surface area (Å²) in [4.78, 5) is 26.4. The standard InChI is InChI=1S/C25H22Cl2N4O2/c1-25(2)11-19-22(20(32)12-25)21(16-9-8-15(26)10-18(16)27)17(13-28)23(29)31(19)30-24(33)14-6-4-3-5-7-14/h3-10,21H,11-12,29H2,1-2H3,(H,30,33). The molecule has 2 aromatic rings. The fraction of sp³-hybridized carbons (Fsp3) is 0.240. The molecule has 0 fully saturated rings. The lowest BCUT2D eigenvalue weighted by Gasteiger charge is -2.43. The summed E-state index contributed by atoms with van der Waals surface area (Å²) in [6, 6.07) is 15.7. The van der Waals surface area contributed by atoms with Crippen LogP contribution in [0.1, 0.15) is 48.5 Å². The maximum absolute atomic E-state index is 13.4. The second-order valence-corrected chi connectivity index (χ2v) is 9.80. The van der Waals surface area contributed by atoms with E-state index < -0.39 is 11.8 Å². The van der Waals surface area contributed by atoms with Crippen molar-refractivity contribution >= 4 is 34.9 Å². The van der Waals surface area contributed by atoms with E-state index >= 15 is 0 Å². The molecule has 0 saturated carbocycles. The van der Waals surface area contributed by atoms with Crippen molar-refractivity contribution in [1.82, 2.24) is 10.4 Å². The topological polar surface area (TPSA) is 99.2 Å². The fourth-order valence-electron chi connectivity index (χ4n) is 4.44. The number of rotatable bonds is 3. The number of carbonyl (C=O) groups is 2. The molecule has 4 rings (SSSR count). The molecule has 1 aliphatic carbocycles. The summed E-state index contributed by atoms with van der Waals surface area (Å²) in [5.74, 6) is -1.21. The number of amides is 1. The van der Waals surface area contributed by atoms with E-state index in [1.54, 1.807) is 42.5 Å². The number of nitriles is 1. The number of hydrogen-bond donors (Lipinski definition) is 2. The van der Waals surface area contributed by atoms with Gasteiger partial charge < -0.3 is 5.73 Å². The Morgan fingerprint density at radius 2 is 1.88 bits per heavy atom. The number of hydrogen-bond acceptors (Lipinski definition) is 5. The molecule has 168 valence electrons. The van der Waals surface area contributed by atoms with Gasteiger partial charge in [-0.25, -0.2) is 5.01 Å². The van der Waals surface area contributed by atoms with Gasteiger partial charge in [-0.15, -0.1) is 0 Å². The number of benzene rings is 2. The Hall–Kier alpha value is -3.27. The highest BCUT2D eigenvalue weighted by atomic mass is 35.5. The zero-order chi connectivity index (χ0) is 23.9. The molecule has 33 heavy (non-hydrogen) atoms. The van der Waals surface area contributed by atoms with Gasteiger partial charge in [0.2, 0.25) is 0 Å². The molecule has 1 unspecified atom stereocenters. The van der Waals surface area contributed by atoms with Gasteiger partial charge in [0, 0.05) is 27.6 Å². The fourth-order valence-corrected chi connectivity index (χ4v) is 4.96. The number of nitrogens with one attached hydrogen (secondary N) is 1. The van der Waals surface area contributed by atoms with Crippen LogP contribution in [0, 0.1) is 16.7 Å². The monoisotopic (exact) mass is 480 g/mol. The van der Waals surface area contributed by atoms with Crippen molar-refractivity contribution in [3.8, 4) is 6.07 Å². The lowest BCUT2D eigenvalue weighted by Crippen LogP contribution is -2.49. The summed E-state index contributed by atoms with van der Waals surface area (Å²) < 4.78 is 0. The first-order chi connectivity index (χ1) is 15.6. The van der Waals surface area contributed by atoms with Crippen LogP contribution < -0.4 is 11.2 Å². The minimum Gasteiger partial charge on any atom is -0.383 e. The van der Waals surface area contributed by atoms with Crippen LogP contribution in [0.4, 0.5) is 0 Å². The number of Topliss-reactive ketones (excluding diaryl/α,β-unsaturated/α-hetero) is 1. The highest BCUT2D eigenvalue weighted by molar-refractivity contribution is 6.35. The van der Waals surface area contributed by atoms with Gasteiger partial charge in [-0.1, -0.05) is 61.3 Å². The largest absolute Gasteiger partial charge is 0.383 e. The molecule has 1 amide bonds. The molecule has 1 heterocycles. The van der Waals surface area contributed by atoms with Crippen LogP contribution in [0.15, 0.2) is 71.2 Å². The molecule has 2 aromatic carbocycles. The summed E-state index contributed by atoms with van der Waals surface area (Å²) in [7, 11) is 0.